The van der Waals surface area contributed by atoms with Gasteiger partial charge >= 0.3 is 5.97 Å². The first-order valence-electron chi connectivity index (χ1n) is 5.86. The van der Waals surface area contributed by atoms with Crippen LogP contribution in [0, 0.1) is 0 Å². The van der Waals surface area contributed by atoms with Gasteiger partial charge in [-0.25, -0.2) is 4.79 Å². The van der Waals surface area contributed by atoms with Crippen molar-refractivity contribution in [3.8, 4) is 17.1 Å². The number of amides is 1. The molecule has 3 rings (SSSR count). The maximum atomic E-state index is 11.5. The zero-order valence-electron chi connectivity index (χ0n) is 10.4. The SMILES string of the molecule is CC1Oc2ccc(-c3cc(C(=O)O)no3)cc2NC1=O. The minimum atomic E-state index is -1.16. The lowest BCUT2D eigenvalue weighted by molar-refractivity contribution is -0.122. The Kier molecular flexibility index (Phi) is 2.67. The van der Waals surface area contributed by atoms with Gasteiger partial charge in [-0.1, -0.05) is 5.16 Å². The molecule has 7 heteroatoms. The average molecular weight is 274 g/mol. The van der Waals surface area contributed by atoms with Gasteiger partial charge in [0, 0.05) is 11.6 Å². The molecular formula is C13H10N2O5. The monoisotopic (exact) mass is 274 g/mol. The topological polar surface area (TPSA) is 102 Å². The predicted octanol–water partition coefficient (Wildman–Crippen LogP) is 1.76. The highest BCUT2D eigenvalue weighted by Crippen LogP contribution is 2.34. The van der Waals surface area contributed by atoms with Crippen molar-refractivity contribution in [1.82, 2.24) is 5.16 Å². The van der Waals surface area contributed by atoms with E-state index < -0.39 is 12.1 Å². The van der Waals surface area contributed by atoms with E-state index in [-0.39, 0.29) is 11.6 Å². The lowest BCUT2D eigenvalue weighted by Crippen LogP contribution is -2.34. The van der Waals surface area contributed by atoms with E-state index in [1.807, 2.05) is 0 Å². The fraction of sp³-hybridized carbons (Fsp3) is 0.154. The average Bonchev–Trinajstić information content (AvgIpc) is 2.89. The van der Waals surface area contributed by atoms with Crippen LogP contribution in [0.3, 0.4) is 0 Å². The molecule has 0 radical (unpaired) electrons. The summed E-state index contributed by atoms with van der Waals surface area (Å²) in [5, 5.41) is 14.9. The number of nitrogens with zero attached hydrogens (tertiary/aromatic N) is 1. The number of benzene rings is 1. The molecule has 1 atom stereocenters. The van der Waals surface area contributed by atoms with Crippen molar-refractivity contribution in [3.05, 3.63) is 30.0 Å². The third kappa shape index (κ3) is 1.99. The largest absolute Gasteiger partial charge is 0.479 e. The Balaban J connectivity index is 1.97. The van der Waals surface area contributed by atoms with Gasteiger partial charge in [-0.2, -0.15) is 0 Å². The smallest absolute Gasteiger partial charge is 0.358 e. The maximum Gasteiger partial charge on any atom is 0.358 e. The van der Waals surface area contributed by atoms with E-state index >= 15 is 0 Å². The van der Waals surface area contributed by atoms with Crippen LogP contribution in [-0.2, 0) is 4.79 Å². The number of aromatic carboxylic acids is 1. The zero-order valence-corrected chi connectivity index (χ0v) is 10.4. The second kappa shape index (κ2) is 4.37. The van der Waals surface area contributed by atoms with Crippen LogP contribution in [0.5, 0.6) is 5.75 Å². The molecule has 1 aromatic heterocycles. The van der Waals surface area contributed by atoms with Crippen molar-refractivity contribution >= 4 is 17.6 Å². The number of carbonyl (C=O) groups excluding carboxylic acids is 1. The summed E-state index contributed by atoms with van der Waals surface area (Å²) in [6.45, 7) is 1.65. The third-order valence-electron chi connectivity index (χ3n) is 2.92. The van der Waals surface area contributed by atoms with Crippen LogP contribution in [0.15, 0.2) is 28.8 Å². The molecule has 2 N–H and O–H groups in total. The Labute approximate surface area is 113 Å². The van der Waals surface area contributed by atoms with Crippen molar-refractivity contribution in [1.29, 1.82) is 0 Å². The van der Waals surface area contributed by atoms with Crippen LogP contribution >= 0.6 is 0 Å². The van der Waals surface area contributed by atoms with E-state index in [2.05, 4.69) is 10.5 Å². The standard InChI is InChI=1S/C13H10N2O5/c1-6-12(16)14-8-4-7(2-3-10(8)19-6)11-5-9(13(17)18)15-20-11/h2-6H,1H3,(H,14,16)(H,17,18). The molecule has 1 amide bonds. The molecule has 0 saturated heterocycles. The van der Waals surface area contributed by atoms with Crippen LogP contribution < -0.4 is 10.1 Å². The number of ether oxygens (including phenoxy) is 1. The van der Waals surface area contributed by atoms with Gasteiger partial charge in [0.05, 0.1) is 5.69 Å². The highest BCUT2D eigenvalue weighted by atomic mass is 16.5. The quantitative estimate of drug-likeness (QED) is 0.865. The molecule has 0 bridgehead atoms. The van der Waals surface area contributed by atoms with E-state index in [4.69, 9.17) is 14.4 Å². The van der Waals surface area contributed by atoms with Crippen LogP contribution in [0.25, 0.3) is 11.3 Å². The number of nitrogens with one attached hydrogen (secondary N) is 1. The summed E-state index contributed by atoms with van der Waals surface area (Å²) in [6, 6.07) is 6.35. The van der Waals surface area contributed by atoms with Gasteiger partial charge in [0.1, 0.15) is 5.75 Å². The van der Waals surface area contributed by atoms with E-state index in [1.165, 1.54) is 6.07 Å². The third-order valence-corrected chi connectivity index (χ3v) is 2.92. The summed E-state index contributed by atoms with van der Waals surface area (Å²) in [6.07, 6.45) is -0.544. The molecule has 20 heavy (non-hydrogen) atoms. The first-order valence-corrected chi connectivity index (χ1v) is 5.86. The first-order chi connectivity index (χ1) is 9.54. The van der Waals surface area contributed by atoms with Gasteiger partial charge in [-0.15, -0.1) is 0 Å². The van der Waals surface area contributed by atoms with E-state index in [9.17, 15) is 9.59 Å². The number of hydrogen-bond acceptors (Lipinski definition) is 5. The van der Waals surface area contributed by atoms with E-state index in [0.717, 1.165) is 0 Å². The summed E-state index contributed by atoms with van der Waals surface area (Å²) in [7, 11) is 0. The lowest BCUT2D eigenvalue weighted by atomic mass is 10.1. The van der Waals surface area contributed by atoms with E-state index in [0.29, 0.717) is 22.8 Å². The molecule has 102 valence electrons. The molecule has 1 aromatic carbocycles. The Morgan fingerprint density at radius 3 is 2.90 bits per heavy atom. The fourth-order valence-electron chi connectivity index (χ4n) is 1.87. The Morgan fingerprint density at radius 2 is 2.20 bits per heavy atom. The molecule has 2 aromatic rings. The van der Waals surface area contributed by atoms with Gasteiger partial charge in [0.2, 0.25) is 0 Å². The number of anilines is 1. The molecule has 7 nitrogen and oxygen atoms in total. The summed E-state index contributed by atoms with van der Waals surface area (Å²) in [5.74, 6) is -0.543. The second-order valence-corrected chi connectivity index (χ2v) is 4.34. The molecular weight excluding hydrogens is 264 g/mol. The molecule has 0 saturated carbocycles. The minimum Gasteiger partial charge on any atom is -0.479 e. The number of carboxylic acid groups (broad SMARTS) is 1. The van der Waals surface area contributed by atoms with Crippen LogP contribution in [-0.4, -0.2) is 28.2 Å². The Morgan fingerprint density at radius 1 is 1.40 bits per heavy atom. The van der Waals surface area contributed by atoms with Crippen molar-refractivity contribution in [2.45, 2.75) is 13.0 Å². The lowest BCUT2D eigenvalue weighted by Gasteiger charge is -2.23. The second-order valence-electron chi connectivity index (χ2n) is 4.34. The number of hydrogen-bond donors (Lipinski definition) is 2. The van der Waals surface area contributed by atoms with Gasteiger partial charge in [0.25, 0.3) is 5.91 Å². The van der Waals surface area contributed by atoms with Gasteiger partial charge in [-0.05, 0) is 25.1 Å². The number of rotatable bonds is 2. The van der Waals surface area contributed by atoms with Crippen LogP contribution in [0.2, 0.25) is 0 Å². The molecule has 1 aliphatic rings. The zero-order chi connectivity index (χ0) is 14.3. The van der Waals surface area contributed by atoms with Crippen LogP contribution in [0.4, 0.5) is 5.69 Å². The highest BCUT2D eigenvalue weighted by Gasteiger charge is 2.24. The van der Waals surface area contributed by atoms with Crippen molar-refractivity contribution in [3.63, 3.8) is 0 Å². The Bertz CT molecular complexity index is 707. The first kappa shape index (κ1) is 12.2. The number of aromatic nitrogens is 1. The summed E-state index contributed by atoms with van der Waals surface area (Å²) in [5.41, 5.74) is 0.938. The normalized spacial score (nSPS) is 17.1. The van der Waals surface area contributed by atoms with Crippen LogP contribution in [0.1, 0.15) is 17.4 Å². The molecule has 1 aliphatic heterocycles. The van der Waals surface area contributed by atoms with E-state index in [1.54, 1.807) is 25.1 Å². The van der Waals surface area contributed by atoms with Gasteiger partial charge in [0.15, 0.2) is 17.6 Å². The summed E-state index contributed by atoms with van der Waals surface area (Å²) in [4.78, 5) is 22.3. The molecule has 0 fully saturated rings. The van der Waals surface area contributed by atoms with Gasteiger partial charge < -0.3 is 19.7 Å². The molecule has 0 aliphatic carbocycles. The number of fused-ring (bicyclic) bond motifs is 1. The van der Waals surface area contributed by atoms with Crippen molar-refractivity contribution in [2.75, 3.05) is 5.32 Å². The van der Waals surface area contributed by atoms with Gasteiger partial charge in [-0.3, -0.25) is 4.79 Å². The molecule has 0 spiro atoms. The summed E-state index contributed by atoms with van der Waals surface area (Å²) >= 11 is 0. The maximum absolute atomic E-state index is 11.5. The minimum absolute atomic E-state index is 0.174. The molecule has 2 heterocycles. The predicted molar refractivity (Wildman–Crippen MR) is 67.6 cm³/mol. The highest BCUT2D eigenvalue weighted by molar-refractivity contribution is 5.98. The summed E-state index contributed by atoms with van der Waals surface area (Å²) < 4.78 is 10.4. The Hall–Kier alpha value is -2.83. The fourth-order valence-corrected chi connectivity index (χ4v) is 1.87. The number of carboxylic acids is 1. The van der Waals surface area contributed by atoms with Crippen molar-refractivity contribution in [2.24, 2.45) is 0 Å². The number of carbonyl (C=O) groups is 2. The molecule has 1 unspecified atom stereocenters. The van der Waals surface area contributed by atoms with Crippen molar-refractivity contribution < 1.29 is 24.0 Å².